The van der Waals surface area contributed by atoms with Crippen LogP contribution in [0.15, 0.2) is 48.5 Å². The van der Waals surface area contributed by atoms with Gasteiger partial charge in [-0.15, -0.1) is 13.2 Å². The van der Waals surface area contributed by atoms with E-state index in [-0.39, 0.29) is 17.7 Å². The summed E-state index contributed by atoms with van der Waals surface area (Å²) in [7, 11) is 1.78. The maximum atomic E-state index is 12.2. The largest absolute Gasteiger partial charge is 0.573 e. The van der Waals surface area contributed by atoms with E-state index in [1.165, 1.54) is 12.1 Å². The molecule has 0 fully saturated rings. The zero-order chi connectivity index (χ0) is 20.6. The summed E-state index contributed by atoms with van der Waals surface area (Å²) in [6.07, 6.45) is -2.26. The third-order valence-electron chi connectivity index (χ3n) is 4.33. The van der Waals surface area contributed by atoms with Gasteiger partial charge in [0.15, 0.2) is 0 Å². The smallest absolute Gasteiger partial charge is 0.406 e. The minimum Gasteiger partial charge on any atom is -0.406 e. The van der Waals surface area contributed by atoms with Crippen LogP contribution in [0.5, 0.6) is 5.75 Å². The van der Waals surface area contributed by atoms with E-state index < -0.39 is 6.36 Å². The van der Waals surface area contributed by atoms with Crippen LogP contribution in [0.25, 0.3) is 11.1 Å². The summed E-state index contributed by atoms with van der Waals surface area (Å²) in [5.41, 5.74) is 2.76. The monoisotopic (exact) mass is 394 g/mol. The van der Waals surface area contributed by atoms with E-state index in [2.05, 4.69) is 15.4 Å². The molecular weight excluding hydrogens is 369 g/mol. The Bertz CT molecular complexity index is 744. The number of hydrogen-bond donors (Lipinski definition) is 2. The summed E-state index contributed by atoms with van der Waals surface area (Å²) >= 11 is 0. The van der Waals surface area contributed by atoms with Crippen molar-refractivity contribution in [2.24, 2.45) is 0 Å². The fraction of sp³-hybridized carbons (Fsp3) is 0.381. The second-order valence-corrected chi connectivity index (χ2v) is 6.44. The van der Waals surface area contributed by atoms with Gasteiger partial charge in [-0.25, -0.2) is 0 Å². The van der Waals surface area contributed by atoms with Crippen LogP contribution in [0.3, 0.4) is 0 Å². The maximum Gasteiger partial charge on any atom is 0.573 e. The highest BCUT2D eigenvalue weighted by molar-refractivity contribution is 5.81. The van der Waals surface area contributed by atoms with Gasteiger partial charge in [-0.1, -0.05) is 49.7 Å². The molecule has 0 saturated heterocycles. The van der Waals surface area contributed by atoms with Gasteiger partial charge in [-0.05, 0) is 48.7 Å². The van der Waals surface area contributed by atoms with E-state index in [4.69, 9.17) is 0 Å². The lowest BCUT2D eigenvalue weighted by molar-refractivity contribution is -0.274. The molecule has 1 amide bonds. The summed E-state index contributed by atoms with van der Waals surface area (Å²) in [5.74, 6) is -0.242. The van der Waals surface area contributed by atoms with Crippen molar-refractivity contribution < 1.29 is 22.7 Å². The molecule has 0 radical (unpaired) electrons. The summed E-state index contributed by atoms with van der Waals surface area (Å²) < 4.78 is 40.5. The second kappa shape index (κ2) is 10.1. The number of hydrogen-bond acceptors (Lipinski definition) is 3. The predicted molar refractivity (Wildman–Crippen MR) is 103 cm³/mol. The van der Waals surface area contributed by atoms with Crippen molar-refractivity contribution in [3.63, 3.8) is 0 Å². The molecule has 0 aliphatic heterocycles. The van der Waals surface area contributed by atoms with Crippen LogP contribution < -0.4 is 15.4 Å². The minimum atomic E-state index is -4.69. The highest BCUT2D eigenvalue weighted by Gasteiger charge is 2.30. The van der Waals surface area contributed by atoms with Gasteiger partial charge in [0.25, 0.3) is 0 Å². The molecule has 1 atom stereocenters. The molecule has 0 heterocycles. The number of likely N-dealkylation sites (N-methyl/N-ethyl adjacent to an activating group) is 1. The Morgan fingerprint density at radius 2 is 1.61 bits per heavy atom. The average molecular weight is 394 g/mol. The van der Waals surface area contributed by atoms with E-state index >= 15 is 0 Å². The van der Waals surface area contributed by atoms with E-state index in [1.54, 1.807) is 19.2 Å². The van der Waals surface area contributed by atoms with Crippen LogP contribution in [0, 0.1) is 0 Å². The summed E-state index contributed by atoms with van der Waals surface area (Å²) in [6.45, 7) is 2.58. The molecule has 0 bridgehead atoms. The van der Waals surface area contributed by atoms with E-state index in [0.717, 1.165) is 29.5 Å². The van der Waals surface area contributed by atoms with Crippen molar-refractivity contribution in [3.05, 3.63) is 54.1 Å². The molecule has 0 unspecified atom stereocenters. The van der Waals surface area contributed by atoms with E-state index in [1.807, 2.05) is 31.2 Å². The molecule has 2 N–H and O–H groups in total. The number of rotatable bonds is 9. The third kappa shape index (κ3) is 6.88. The van der Waals surface area contributed by atoms with Gasteiger partial charge in [-0.3, -0.25) is 4.79 Å². The first kappa shape index (κ1) is 21.8. The Hall–Kier alpha value is -2.54. The molecule has 2 aromatic rings. The van der Waals surface area contributed by atoms with Crippen molar-refractivity contribution >= 4 is 5.91 Å². The molecule has 0 spiro atoms. The van der Waals surface area contributed by atoms with Crippen LogP contribution in [-0.4, -0.2) is 31.9 Å². The number of ether oxygens (including phenoxy) is 1. The molecule has 28 heavy (non-hydrogen) atoms. The van der Waals surface area contributed by atoms with Gasteiger partial charge < -0.3 is 15.4 Å². The number of halogens is 3. The molecule has 2 aromatic carbocycles. The highest BCUT2D eigenvalue weighted by Crippen LogP contribution is 2.26. The van der Waals surface area contributed by atoms with Gasteiger partial charge in [0.1, 0.15) is 5.75 Å². The molecule has 0 aromatic heterocycles. The fourth-order valence-corrected chi connectivity index (χ4v) is 2.86. The Kier molecular flexibility index (Phi) is 7.87. The Morgan fingerprint density at radius 1 is 1.04 bits per heavy atom. The summed E-state index contributed by atoms with van der Waals surface area (Å²) in [6, 6.07) is 13.3. The number of carbonyl (C=O) groups is 1. The normalized spacial score (nSPS) is 12.5. The van der Waals surface area contributed by atoms with Crippen LogP contribution in [-0.2, 0) is 11.2 Å². The topological polar surface area (TPSA) is 50.4 Å². The number of benzene rings is 2. The zero-order valence-electron chi connectivity index (χ0n) is 16.0. The van der Waals surface area contributed by atoms with Crippen LogP contribution in [0.2, 0.25) is 0 Å². The molecule has 7 heteroatoms. The molecule has 4 nitrogen and oxygen atoms in total. The van der Waals surface area contributed by atoms with Gasteiger partial charge in [0, 0.05) is 6.54 Å². The second-order valence-electron chi connectivity index (χ2n) is 6.44. The Balaban J connectivity index is 1.88. The molecule has 0 saturated carbocycles. The molecule has 152 valence electrons. The Morgan fingerprint density at radius 3 is 2.11 bits per heavy atom. The first-order valence-electron chi connectivity index (χ1n) is 9.22. The quantitative estimate of drug-likeness (QED) is 0.667. The van der Waals surface area contributed by atoms with Crippen LogP contribution >= 0.6 is 0 Å². The summed E-state index contributed by atoms with van der Waals surface area (Å²) in [4.78, 5) is 12.1. The number of carbonyl (C=O) groups excluding carboxylic acids is 1. The van der Waals surface area contributed by atoms with Gasteiger partial charge in [0.05, 0.1) is 6.04 Å². The SMILES string of the molecule is CCC[C@H](NC)C(=O)NCCc1ccc(-c2ccc(OC(F)(F)F)cc2)cc1. The van der Waals surface area contributed by atoms with Crippen molar-refractivity contribution in [1.82, 2.24) is 10.6 Å². The van der Waals surface area contributed by atoms with Gasteiger partial charge in [-0.2, -0.15) is 0 Å². The first-order valence-corrected chi connectivity index (χ1v) is 9.22. The number of alkyl halides is 3. The van der Waals surface area contributed by atoms with Crippen molar-refractivity contribution in [2.75, 3.05) is 13.6 Å². The first-order chi connectivity index (χ1) is 13.3. The maximum absolute atomic E-state index is 12.2. The Labute approximate surface area is 163 Å². The van der Waals surface area contributed by atoms with E-state index in [9.17, 15) is 18.0 Å². The summed E-state index contributed by atoms with van der Waals surface area (Å²) in [5, 5.41) is 5.94. The molecule has 2 rings (SSSR count). The third-order valence-corrected chi connectivity index (χ3v) is 4.33. The van der Waals surface area contributed by atoms with Crippen LogP contribution in [0.1, 0.15) is 25.3 Å². The molecular formula is C21H25F3N2O2. The number of nitrogens with one attached hydrogen (secondary N) is 2. The highest BCUT2D eigenvalue weighted by atomic mass is 19.4. The predicted octanol–water partition coefficient (Wildman–Crippen LogP) is 4.30. The fourth-order valence-electron chi connectivity index (χ4n) is 2.86. The van der Waals surface area contributed by atoms with Crippen molar-refractivity contribution in [2.45, 2.75) is 38.6 Å². The standard InChI is InChI=1S/C21H25F3N2O2/c1-3-4-19(25-2)20(27)26-14-13-15-5-7-16(8-6-15)17-9-11-18(12-10-17)28-21(22,23)24/h5-12,19,25H,3-4,13-14H2,1-2H3,(H,26,27)/t19-/m0/s1. The minimum absolute atomic E-state index is 0.00198. The average Bonchev–Trinajstić information content (AvgIpc) is 2.66. The lowest BCUT2D eigenvalue weighted by atomic mass is 10.0. The zero-order valence-corrected chi connectivity index (χ0v) is 16.0. The lowest BCUT2D eigenvalue weighted by Gasteiger charge is -2.15. The lowest BCUT2D eigenvalue weighted by Crippen LogP contribution is -2.43. The van der Waals surface area contributed by atoms with Gasteiger partial charge in [0.2, 0.25) is 5.91 Å². The number of amides is 1. The van der Waals surface area contributed by atoms with Crippen molar-refractivity contribution in [3.8, 4) is 16.9 Å². The molecule has 0 aliphatic carbocycles. The van der Waals surface area contributed by atoms with Crippen LogP contribution in [0.4, 0.5) is 13.2 Å². The van der Waals surface area contributed by atoms with Crippen molar-refractivity contribution in [1.29, 1.82) is 0 Å². The molecule has 0 aliphatic rings. The van der Waals surface area contributed by atoms with Gasteiger partial charge >= 0.3 is 6.36 Å². The van der Waals surface area contributed by atoms with E-state index in [0.29, 0.717) is 13.0 Å².